The summed E-state index contributed by atoms with van der Waals surface area (Å²) in [6, 6.07) is 17.3. The zero-order valence-electron chi connectivity index (χ0n) is 16.2. The van der Waals surface area contributed by atoms with E-state index in [-0.39, 0.29) is 11.7 Å². The number of methoxy groups -OCH3 is 1. The third kappa shape index (κ3) is 3.38. The Morgan fingerprint density at radius 2 is 2.00 bits per heavy atom. The zero-order chi connectivity index (χ0) is 19.8. The maximum absolute atomic E-state index is 12.3. The van der Waals surface area contributed by atoms with Crippen LogP contribution in [0, 0.1) is 0 Å². The molecule has 150 valence electrons. The first-order valence-corrected chi connectivity index (χ1v) is 9.75. The van der Waals surface area contributed by atoms with Crippen LogP contribution in [-0.2, 0) is 21.6 Å². The molecule has 2 atom stereocenters. The molecular weight excluding hydrogens is 370 g/mol. The first-order valence-electron chi connectivity index (χ1n) is 9.75. The summed E-state index contributed by atoms with van der Waals surface area (Å²) in [5, 5.41) is 6.15. The third-order valence-electron chi connectivity index (χ3n) is 5.61. The molecule has 1 amide bonds. The minimum Gasteiger partial charge on any atom is -0.497 e. The lowest BCUT2D eigenvalue weighted by molar-refractivity contribution is 0.0727. The highest BCUT2D eigenvalue weighted by atomic mass is 16.6. The number of fused-ring (bicyclic) bond motifs is 2. The van der Waals surface area contributed by atoms with Crippen LogP contribution in [0.15, 0.2) is 54.6 Å². The Bertz CT molecular complexity index is 1000. The van der Waals surface area contributed by atoms with Crippen molar-refractivity contribution in [2.24, 2.45) is 0 Å². The monoisotopic (exact) mass is 393 g/mol. The highest BCUT2D eigenvalue weighted by molar-refractivity contribution is 5.84. The first-order chi connectivity index (χ1) is 14.2. The third-order valence-corrected chi connectivity index (χ3v) is 5.61. The number of nitrogens with zero attached hydrogens (tertiary/aromatic N) is 1. The molecule has 1 fully saturated rings. The molecule has 2 aliphatic rings. The molecule has 1 spiro atoms. The Morgan fingerprint density at radius 1 is 1.24 bits per heavy atom. The largest absolute Gasteiger partial charge is 0.497 e. The second kappa shape index (κ2) is 7.00. The van der Waals surface area contributed by atoms with Crippen LogP contribution in [0.25, 0.3) is 0 Å². The molecule has 3 aromatic rings. The van der Waals surface area contributed by atoms with Gasteiger partial charge in [0.2, 0.25) is 0 Å². The second-order valence-corrected chi connectivity index (χ2v) is 7.51. The summed E-state index contributed by atoms with van der Waals surface area (Å²) >= 11 is 0. The molecule has 0 bridgehead atoms. The van der Waals surface area contributed by atoms with Gasteiger partial charge < -0.3 is 14.2 Å². The van der Waals surface area contributed by atoms with Crippen molar-refractivity contribution in [3.8, 4) is 5.75 Å². The molecule has 7 nitrogen and oxygen atoms in total. The number of para-hydroxylation sites is 1. The average molecular weight is 393 g/mol. The number of epoxide rings is 1. The number of hydrogen-bond donors (Lipinski definition) is 2. The fraction of sp³-hybridized carbons (Fsp3) is 0.318. The van der Waals surface area contributed by atoms with Crippen LogP contribution < -0.4 is 10.1 Å². The number of amides is 1. The molecule has 7 heteroatoms. The number of ether oxygens (including phenoxy) is 3. The van der Waals surface area contributed by atoms with Crippen molar-refractivity contribution in [2.75, 3.05) is 19.0 Å². The van der Waals surface area contributed by atoms with Gasteiger partial charge in [0.15, 0.2) is 0 Å². The Kier molecular flexibility index (Phi) is 4.32. The van der Waals surface area contributed by atoms with Crippen molar-refractivity contribution < 1.29 is 19.0 Å². The van der Waals surface area contributed by atoms with Gasteiger partial charge in [-0.05, 0) is 42.7 Å². The average Bonchev–Trinajstić information content (AvgIpc) is 3.48. The van der Waals surface area contributed by atoms with Crippen LogP contribution in [0.2, 0.25) is 0 Å². The maximum Gasteiger partial charge on any atom is 0.412 e. The van der Waals surface area contributed by atoms with Crippen LogP contribution >= 0.6 is 0 Å². The van der Waals surface area contributed by atoms with Gasteiger partial charge in [0, 0.05) is 5.69 Å². The van der Waals surface area contributed by atoms with Crippen LogP contribution in [0.1, 0.15) is 35.9 Å². The van der Waals surface area contributed by atoms with Gasteiger partial charge in [-0.2, -0.15) is 0 Å². The van der Waals surface area contributed by atoms with E-state index in [0.29, 0.717) is 12.2 Å². The number of rotatable bonds is 5. The van der Waals surface area contributed by atoms with Gasteiger partial charge in [-0.1, -0.05) is 30.3 Å². The number of anilines is 1. The van der Waals surface area contributed by atoms with Crippen molar-refractivity contribution in [1.82, 2.24) is 9.78 Å². The van der Waals surface area contributed by atoms with Crippen molar-refractivity contribution in [2.45, 2.75) is 31.1 Å². The lowest BCUT2D eigenvalue weighted by atomic mass is 9.86. The number of H-pyrrole nitrogens is 1. The minimum atomic E-state index is -0.448. The molecule has 0 radical (unpaired) electrons. The molecular formula is C22H23N3O4. The molecule has 29 heavy (non-hydrogen) atoms. The van der Waals surface area contributed by atoms with E-state index in [2.05, 4.69) is 15.1 Å². The normalized spacial score (nSPS) is 22.2. The van der Waals surface area contributed by atoms with Crippen LogP contribution in [0.4, 0.5) is 10.5 Å². The van der Waals surface area contributed by atoms with Gasteiger partial charge in [-0.3, -0.25) is 15.1 Å². The highest BCUT2D eigenvalue weighted by Crippen LogP contribution is 2.52. The standard InChI is InChI=1S/C22H23N3O4/c1-27-17-9-7-15(8-10-17)13-25-20-19(24-25)18(11-12-22(20)14-28-22)29-21(26)23-16-5-3-2-4-6-16/h2-10,18,24H,11-14H2,1H3,(H,23,26)/t18-,22+/m1/s1. The molecule has 1 saturated heterocycles. The fourth-order valence-corrected chi connectivity index (χ4v) is 4.01. The van der Waals surface area contributed by atoms with Gasteiger partial charge in [0.05, 0.1) is 31.6 Å². The molecule has 5 rings (SSSR count). The van der Waals surface area contributed by atoms with Gasteiger partial charge >= 0.3 is 6.09 Å². The molecule has 2 heterocycles. The van der Waals surface area contributed by atoms with Crippen LogP contribution in [-0.4, -0.2) is 29.6 Å². The molecule has 1 aromatic heterocycles. The molecule has 0 saturated carbocycles. The summed E-state index contributed by atoms with van der Waals surface area (Å²) in [5.41, 5.74) is 3.71. The quantitative estimate of drug-likeness (QED) is 0.637. The Labute approximate surface area is 168 Å². The number of carbonyl (C=O) groups excluding carboxylic acids is 1. The van der Waals surface area contributed by atoms with Gasteiger partial charge in [-0.25, -0.2) is 4.79 Å². The number of aromatic nitrogens is 2. The number of benzene rings is 2. The Balaban J connectivity index is 1.31. The van der Waals surface area contributed by atoms with E-state index in [1.165, 1.54) is 0 Å². The first kappa shape index (κ1) is 17.9. The molecule has 0 unspecified atom stereocenters. The zero-order valence-corrected chi connectivity index (χ0v) is 16.2. The van der Waals surface area contributed by atoms with E-state index in [1.807, 2.05) is 54.6 Å². The van der Waals surface area contributed by atoms with Crippen molar-refractivity contribution >= 4 is 11.8 Å². The lowest BCUT2D eigenvalue weighted by Crippen LogP contribution is -2.36. The number of hydrogen-bond acceptors (Lipinski definition) is 4. The summed E-state index contributed by atoms with van der Waals surface area (Å²) in [4.78, 5) is 12.3. The number of carbonyl (C=O) groups is 1. The number of aromatic amines is 1. The van der Waals surface area contributed by atoms with E-state index < -0.39 is 6.09 Å². The van der Waals surface area contributed by atoms with Crippen LogP contribution in [0.5, 0.6) is 5.75 Å². The van der Waals surface area contributed by atoms with Crippen molar-refractivity contribution in [3.05, 3.63) is 71.5 Å². The molecule has 1 aliphatic heterocycles. The summed E-state index contributed by atoms with van der Waals surface area (Å²) in [6.45, 7) is 1.42. The predicted octanol–water partition coefficient (Wildman–Crippen LogP) is 4.18. The van der Waals surface area contributed by atoms with Gasteiger partial charge in [0.25, 0.3) is 0 Å². The summed E-state index contributed by atoms with van der Waals surface area (Å²) in [5.74, 6) is 0.836. The van der Waals surface area contributed by atoms with E-state index in [4.69, 9.17) is 14.2 Å². The van der Waals surface area contributed by atoms with E-state index in [9.17, 15) is 4.79 Å². The van der Waals surface area contributed by atoms with Crippen molar-refractivity contribution in [1.29, 1.82) is 0 Å². The Morgan fingerprint density at radius 3 is 2.69 bits per heavy atom. The highest BCUT2D eigenvalue weighted by Gasteiger charge is 2.55. The topological polar surface area (TPSA) is 80.8 Å². The van der Waals surface area contributed by atoms with E-state index in [1.54, 1.807) is 7.11 Å². The Hall–Kier alpha value is -3.19. The van der Waals surface area contributed by atoms with Crippen LogP contribution in [0.3, 0.4) is 0 Å². The maximum atomic E-state index is 12.3. The smallest absolute Gasteiger partial charge is 0.412 e. The van der Waals surface area contributed by atoms with Gasteiger partial charge in [-0.15, -0.1) is 0 Å². The number of nitrogens with one attached hydrogen (secondary N) is 2. The summed E-state index contributed by atoms with van der Waals surface area (Å²) in [6.07, 6.45) is 0.840. The van der Waals surface area contributed by atoms with Crippen molar-refractivity contribution in [3.63, 3.8) is 0 Å². The van der Waals surface area contributed by atoms with E-state index >= 15 is 0 Å². The minimum absolute atomic E-state index is 0.219. The molecule has 2 N–H and O–H groups in total. The van der Waals surface area contributed by atoms with E-state index in [0.717, 1.165) is 42.1 Å². The fourth-order valence-electron chi connectivity index (χ4n) is 4.01. The SMILES string of the molecule is COc1ccc(Cn2[nH]c3c2[C@]2(CC[C@H]3OC(=O)Nc3ccccc3)CO2)cc1. The second-order valence-electron chi connectivity index (χ2n) is 7.51. The molecule has 1 aliphatic carbocycles. The molecule has 2 aromatic carbocycles. The lowest BCUT2D eigenvalue weighted by Gasteiger charge is -2.35. The summed E-state index contributed by atoms with van der Waals surface area (Å²) < 4.78 is 18.8. The van der Waals surface area contributed by atoms with Gasteiger partial charge in [0.1, 0.15) is 17.5 Å². The predicted molar refractivity (Wildman–Crippen MR) is 107 cm³/mol. The summed E-state index contributed by atoms with van der Waals surface area (Å²) in [7, 11) is 1.66.